The smallest absolute Gasteiger partial charge is 0.251 e. The zero-order valence-electron chi connectivity index (χ0n) is 15.4. The van der Waals surface area contributed by atoms with Crippen molar-refractivity contribution in [2.75, 3.05) is 26.2 Å². The highest BCUT2D eigenvalue weighted by Gasteiger charge is 2.19. The van der Waals surface area contributed by atoms with Gasteiger partial charge in [0.25, 0.3) is 5.91 Å². The summed E-state index contributed by atoms with van der Waals surface area (Å²) < 4.78 is 5.63. The second-order valence-corrected chi connectivity index (χ2v) is 7.09. The van der Waals surface area contributed by atoms with Gasteiger partial charge in [-0.25, -0.2) is 0 Å². The van der Waals surface area contributed by atoms with Gasteiger partial charge in [-0.3, -0.25) is 9.59 Å². The summed E-state index contributed by atoms with van der Waals surface area (Å²) >= 11 is 0. The summed E-state index contributed by atoms with van der Waals surface area (Å²) in [4.78, 5) is 25.7. The number of rotatable bonds is 6. The first kappa shape index (κ1) is 17.6. The maximum atomic E-state index is 12.3. The zero-order valence-corrected chi connectivity index (χ0v) is 15.4. The second-order valence-electron chi connectivity index (χ2n) is 7.09. The second kappa shape index (κ2) is 7.82. The number of nitrogens with one attached hydrogen (secondary N) is 1. The summed E-state index contributed by atoms with van der Waals surface area (Å²) in [5.74, 6) is 1.12. The average Bonchev–Trinajstić information content (AvgIpc) is 3.33. The Bertz CT molecular complexity index is 845. The lowest BCUT2D eigenvalue weighted by Crippen LogP contribution is -2.30. The molecule has 0 atom stereocenters. The van der Waals surface area contributed by atoms with Crippen LogP contribution in [0, 0.1) is 0 Å². The van der Waals surface area contributed by atoms with Gasteiger partial charge in [-0.05, 0) is 47.7 Å². The molecule has 0 bridgehead atoms. The number of ether oxygens (including phenoxy) is 1. The van der Waals surface area contributed by atoms with Gasteiger partial charge in [-0.1, -0.05) is 24.3 Å². The van der Waals surface area contributed by atoms with Gasteiger partial charge in [0.2, 0.25) is 5.91 Å². The molecule has 0 aliphatic carbocycles. The van der Waals surface area contributed by atoms with Gasteiger partial charge in [0.15, 0.2) is 0 Å². The Balaban J connectivity index is 1.30. The minimum absolute atomic E-state index is 0.0772. The molecule has 2 aliphatic rings. The summed E-state index contributed by atoms with van der Waals surface area (Å²) in [5, 5.41) is 2.93. The monoisotopic (exact) mass is 364 g/mol. The fourth-order valence-electron chi connectivity index (χ4n) is 3.67. The van der Waals surface area contributed by atoms with Crippen LogP contribution in [0.1, 0.15) is 35.2 Å². The van der Waals surface area contributed by atoms with Crippen molar-refractivity contribution in [3.63, 3.8) is 0 Å². The van der Waals surface area contributed by atoms with Crippen molar-refractivity contribution in [1.29, 1.82) is 0 Å². The first-order chi connectivity index (χ1) is 13.2. The molecule has 0 unspecified atom stereocenters. The average molecular weight is 364 g/mol. The molecule has 0 radical (unpaired) electrons. The van der Waals surface area contributed by atoms with Crippen LogP contribution < -0.4 is 10.1 Å². The number of hydrogen-bond acceptors (Lipinski definition) is 3. The summed E-state index contributed by atoms with van der Waals surface area (Å²) in [5.41, 5.74) is 4.06. The van der Waals surface area contributed by atoms with Gasteiger partial charge in [-0.2, -0.15) is 0 Å². The van der Waals surface area contributed by atoms with Crippen molar-refractivity contribution in [3.05, 3.63) is 53.6 Å². The Morgan fingerprint density at radius 2 is 1.89 bits per heavy atom. The maximum absolute atomic E-state index is 12.3. The topological polar surface area (TPSA) is 58.6 Å². The minimum atomic E-state index is -0.0772. The number of carbonyl (C=O) groups excluding carboxylic acids is 2. The Labute approximate surface area is 159 Å². The molecule has 0 spiro atoms. The van der Waals surface area contributed by atoms with Gasteiger partial charge in [0.1, 0.15) is 5.75 Å². The van der Waals surface area contributed by atoms with Crippen molar-refractivity contribution in [2.45, 2.75) is 25.7 Å². The number of carbonyl (C=O) groups is 2. The molecule has 0 aromatic heterocycles. The van der Waals surface area contributed by atoms with E-state index in [2.05, 4.69) is 23.5 Å². The van der Waals surface area contributed by atoms with Gasteiger partial charge >= 0.3 is 0 Å². The molecule has 2 aliphatic heterocycles. The predicted octanol–water partition coefficient (Wildman–Crippen LogP) is 3.03. The molecule has 2 aromatic carbocycles. The third-order valence-electron chi connectivity index (χ3n) is 5.24. The van der Waals surface area contributed by atoms with Crippen LogP contribution in [0.25, 0.3) is 11.1 Å². The van der Waals surface area contributed by atoms with Crippen LogP contribution in [0.2, 0.25) is 0 Å². The number of likely N-dealkylation sites (tertiary alicyclic amines) is 1. The highest BCUT2D eigenvalue weighted by molar-refractivity contribution is 5.94. The fourth-order valence-corrected chi connectivity index (χ4v) is 3.67. The van der Waals surface area contributed by atoms with Gasteiger partial charge in [0.05, 0.1) is 6.61 Å². The zero-order chi connectivity index (χ0) is 18.6. The normalized spacial score (nSPS) is 15.6. The van der Waals surface area contributed by atoms with Crippen molar-refractivity contribution in [3.8, 4) is 16.9 Å². The Morgan fingerprint density at radius 1 is 1.07 bits per heavy atom. The standard InChI is InChI=1S/C22H24N2O3/c25-21-3-1-12-24(21)13-2-11-23-22(26)18-7-4-16(5-8-18)19-9-6-17-10-14-27-20(17)15-19/h4-9,15H,1-3,10-14H2,(H,23,26). The van der Waals surface area contributed by atoms with Crippen molar-refractivity contribution in [1.82, 2.24) is 10.2 Å². The molecule has 2 aromatic rings. The lowest BCUT2D eigenvalue weighted by molar-refractivity contribution is -0.127. The van der Waals surface area contributed by atoms with Gasteiger partial charge in [-0.15, -0.1) is 0 Å². The SMILES string of the molecule is O=C(NCCCN1CCCC1=O)c1ccc(-c2ccc3c(c2)OCC3)cc1. The molecule has 5 nitrogen and oxygen atoms in total. The molecule has 140 valence electrons. The van der Waals surface area contributed by atoms with Crippen molar-refractivity contribution in [2.24, 2.45) is 0 Å². The molecule has 1 saturated heterocycles. The molecule has 27 heavy (non-hydrogen) atoms. The van der Waals surface area contributed by atoms with E-state index in [9.17, 15) is 9.59 Å². The highest BCUT2D eigenvalue weighted by Crippen LogP contribution is 2.31. The maximum Gasteiger partial charge on any atom is 0.251 e. The third kappa shape index (κ3) is 3.97. The van der Waals surface area contributed by atoms with Crippen LogP contribution in [0.4, 0.5) is 0 Å². The molecular formula is C22H24N2O3. The lowest BCUT2D eigenvalue weighted by atomic mass is 10.0. The molecule has 5 heteroatoms. The van der Waals surface area contributed by atoms with E-state index in [0.717, 1.165) is 55.8 Å². The van der Waals surface area contributed by atoms with Gasteiger partial charge in [0, 0.05) is 38.0 Å². The molecule has 2 heterocycles. The summed E-state index contributed by atoms with van der Waals surface area (Å²) in [7, 11) is 0. The number of nitrogens with zero attached hydrogens (tertiary/aromatic N) is 1. The summed E-state index contributed by atoms with van der Waals surface area (Å²) in [6, 6.07) is 13.9. The van der Waals surface area contributed by atoms with Crippen LogP contribution in [-0.4, -0.2) is 43.0 Å². The number of hydrogen-bond donors (Lipinski definition) is 1. The lowest BCUT2D eigenvalue weighted by Gasteiger charge is -2.15. The minimum Gasteiger partial charge on any atom is -0.493 e. The predicted molar refractivity (Wildman–Crippen MR) is 104 cm³/mol. The van der Waals surface area contributed by atoms with Crippen molar-refractivity contribution >= 4 is 11.8 Å². The number of benzene rings is 2. The van der Waals surface area contributed by atoms with Crippen LogP contribution in [0.15, 0.2) is 42.5 Å². The molecule has 2 amide bonds. The Hall–Kier alpha value is -2.82. The summed E-state index contributed by atoms with van der Waals surface area (Å²) in [6.07, 6.45) is 3.37. The highest BCUT2D eigenvalue weighted by atomic mass is 16.5. The van der Waals surface area contributed by atoms with E-state index in [4.69, 9.17) is 4.74 Å². The van der Waals surface area contributed by atoms with E-state index < -0.39 is 0 Å². The van der Waals surface area contributed by atoms with E-state index in [0.29, 0.717) is 18.5 Å². The van der Waals surface area contributed by atoms with E-state index in [1.807, 2.05) is 29.2 Å². The molecule has 1 N–H and O–H groups in total. The van der Waals surface area contributed by atoms with Gasteiger partial charge < -0.3 is 15.0 Å². The first-order valence-electron chi connectivity index (χ1n) is 9.63. The molecule has 4 rings (SSSR count). The van der Waals surface area contributed by atoms with Crippen LogP contribution in [-0.2, 0) is 11.2 Å². The quantitative estimate of drug-likeness (QED) is 0.802. The van der Waals surface area contributed by atoms with E-state index in [-0.39, 0.29) is 11.8 Å². The van der Waals surface area contributed by atoms with E-state index >= 15 is 0 Å². The number of fused-ring (bicyclic) bond motifs is 1. The van der Waals surface area contributed by atoms with Crippen LogP contribution in [0.3, 0.4) is 0 Å². The fraction of sp³-hybridized carbons (Fsp3) is 0.364. The van der Waals surface area contributed by atoms with E-state index in [1.165, 1.54) is 5.56 Å². The van der Waals surface area contributed by atoms with Crippen LogP contribution >= 0.6 is 0 Å². The third-order valence-corrected chi connectivity index (χ3v) is 5.24. The van der Waals surface area contributed by atoms with E-state index in [1.54, 1.807) is 0 Å². The molecular weight excluding hydrogens is 340 g/mol. The van der Waals surface area contributed by atoms with Crippen LogP contribution in [0.5, 0.6) is 5.75 Å². The first-order valence-corrected chi connectivity index (χ1v) is 9.63. The Morgan fingerprint density at radius 3 is 2.67 bits per heavy atom. The number of amides is 2. The molecule has 0 saturated carbocycles. The van der Waals surface area contributed by atoms with Crippen molar-refractivity contribution < 1.29 is 14.3 Å². The Kier molecular flexibility index (Phi) is 5.10. The summed E-state index contributed by atoms with van der Waals surface area (Å²) in [6.45, 7) is 2.90. The molecule has 1 fully saturated rings. The largest absolute Gasteiger partial charge is 0.493 e.